The van der Waals surface area contributed by atoms with E-state index in [1.165, 1.54) is 10.4 Å². The molecule has 0 radical (unpaired) electrons. The number of rotatable bonds is 7. The maximum Gasteiger partial charge on any atom is 0.290 e. The SMILES string of the molecule is O=C1NC(=O)C(=Cc2cc(OCc3ccccc3)nc(N3CCN(S(=O)(=O)c4ccccc4)CC3)n2)S1. The minimum Gasteiger partial charge on any atom is -0.473 e. The highest BCUT2D eigenvalue weighted by atomic mass is 32.2. The van der Waals surface area contributed by atoms with Crippen molar-refractivity contribution in [3.63, 3.8) is 0 Å². The average Bonchev–Trinajstić information content (AvgIpc) is 3.24. The molecule has 0 bridgehead atoms. The van der Waals surface area contributed by atoms with Crippen LogP contribution in [0.3, 0.4) is 0 Å². The zero-order valence-corrected chi connectivity index (χ0v) is 21.2. The van der Waals surface area contributed by atoms with Crippen LogP contribution < -0.4 is 15.0 Å². The van der Waals surface area contributed by atoms with Gasteiger partial charge in [0.05, 0.1) is 15.5 Å². The number of carbonyl (C=O) groups excluding carboxylic acids is 2. The molecule has 2 aliphatic rings. The molecule has 3 heterocycles. The Kier molecular flexibility index (Phi) is 7.22. The molecule has 2 saturated heterocycles. The summed E-state index contributed by atoms with van der Waals surface area (Å²) < 4.78 is 33.3. The van der Waals surface area contributed by atoms with Gasteiger partial charge in [0.2, 0.25) is 21.9 Å². The fourth-order valence-corrected chi connectivity index (χ4v) is 5.99. The number of ether oxygens (including phenoxy) is 1. The molecule has 2 amide bonds. The van der Waals surface area contributed by atoms with Crippen LogP contribution in [0.1, 0.15) is 11.3 Å². The molecule has 1 aromatic heterocycles. The Balaban J connectivity index is 1.37. The number of hydrogen-bond acceptors (Lipinski definition) is 9. The largest absolute Gasteiger partial charge is 0.473 e. The van der Waals surface area contributed by atoms with Gasteiger partial charge in [-0.15, -0.1) is 0 Å². The quantitative estimate of drug-likeness (QED) is 0.453. The van der Waals surface area contributed by atoms with Crippen LogP contribution in [0.25, 0.3) is 6.08 Å². The first-order valence-corrected chi connectivity index (χ1v) is 13.7. The van der Waals surface area contributed by atoms with Crippen LogP contribution in [0, 0.1) is 0 Å². The lowest BCUT2D eigenvalue weighted by Gasteiger charge is -2.34. The van der Waals surface area contributed by atoms with Crippen molar-refractivity contribution in [2.75, 3.05) is 31.1 Å². The molecule has 3 aromatic rings. The summed E-state index contributed by atoms with van der Waals surface area (Å²) in [5, 5.41) is 1.79. The lowest BCUT2D eigenvalue weighted by atomic mass is 10.2. The molecule has 190 valence electrons. The zero-order valence-electron chi connectivity index (χ0n) is 19.6. The zero-order chi connectivity index (χ0) is 25.8. The monoisotopic (exact) mass is 537 g/mol. The van der Waals surface area contributed by atoms with Crippen LogP contribution in [0.2, 0.25) is 0 Å². The highest BCUT2D eigenvalue weighted by molar-refractivity contribution is 8.18. The van der Waals surface area contributed by atoms with Gasteiger partial charge in [0.1, 0.15) is 6.61 Å². The number of nitrogens with zero attached hydrogens (tertiary/aromatic N) is 4. The molecule has 37 heavy (non-hydrogen) atoms. The number of thioether (sulfide) groups is 1. The first kappa shape index (κ1) is 24.9. The lowest BCUT2D eigenvalue weighted by molar-refractivity contribution is -0.115. The van der Waals surface area contributed by atoms with Crippen LogP contribution >= 0.6 is 11.8 Å². The number of anilines is 1. The number of hydrogen-bond donors (Lipinski definition) is 1. The first-order valence-electron chi connectivity index (χ1n) is 11.5. The molecule has 0 unspecified atom stereocenters. The molecule has 2 aromatic carbocycles. The minimum atomic E-state index is -3.60. The third-order valence-electron chi connectivity index (χ3n) is 5.76. The van der Waals surface area contributed by atoms with Crippen molar-refractivity contribution in [3.05, 3.63) is 82.9 Å². The summed E-state index contributed by atoms with van der Waals surface area (Å²) in [7, 11) is -3.60. The van der Waals surface area contributed by atoms with E-state index in [-0.39, 0.29) is 29.5 Å². The van der Waals surface area contributed by atoms with Gasteiger partial charge in [-0.05, 0) is 35.5 Å². The number of sulfonamides is 1. The predicted octanol–water partition coefficient (Wildman–Crippen LogP) is 2.89. The van der Waals surface area contributed by atoms with Crippen LogP contribution in [0.5, 0.6) is 5.88 Å². The summed E-state index contributed by atoms with van der Waals surface area (Å²) >= 11 is 0.800. The van der Waals surface area contributed by atoms with E-state index in [1.54, 1.807) is 36.4 Å². The van der Waals surface area contributed by atoms with Gasteiger partial charge >= 0.3 is 0 Å². The van der Waals surface area contributed by atoms with Crippen molar-refractivity contribution in [1.82, 2.24) is 19.6 Å². The third-order valence-corrected chi connectivity index (χ3v) is 8.49. The molecule has 12 heteroatoms. The highest BCUT2D eigenvalue weighted by Crippen LogP contribution is 2.27. The van der Waals surface area contributed by atoms with Crippen LogP contribution in [-0.4, -0.2) is 60.0 Å². The number of carbonyl (C=O) groups is 2. The maximum absolute atomic E-state index is 13.0. The van der Waals surface area contributed by atoms with E-state index < -0.39 is 21.2 Å². The topological polar surface area (TPSA) is 122 Å². The van der Waals surface area contributed by atoms with Crippen molar-refractivity contribution in [2.45, 2.75) is 11.5 Å². The number of amides is 2. The van der Waals surface area contributed by atoms with E-state index in [0.29, 0.717) is 30.6 Å². The van der Waals surface area contributed by atoms with Gasteiger partial charge in [0.25, 0.3) is 11.1 Å². The molecule has 0 atom stereocenters. The first-order chi connectivity index (χ1) is 17.9. The maximum atomic E-state index is 13.0. The summed E-state index contributed by atoms with van der Waals surface area (Å²) in [5.74, 6) is 0.167. The molecule has 0 spiro atoms. The van der Waals surface area contributed by atoms with Crippen molar-refractivity contribution >= 4 is 45.0 Å². The number of nitrogens with one attached hydrogen (secondary N) is 1. The summed E-state index contributed by atoms with van der Waals surface area (Å²) in [6.07, 6.45) is 1.52. The second-order valence-electron chi connectivity index (χ2n) is 8.26. The fraction of sp³-hybridized carbons (Fsp3) is 0.200. The molecular weight excluding hydrogens is 514 g/mol. The van der Waals surface area contributed by atoms with E-state index in [9.17, 15) is 18.0 Å². The molecule has 1 N–H and O–H groups in total. The van der Waals surface area contributed by atoms with Crippen molar-refractivity contribution in [3.8, 4) is 5.88 Å². The Hall–Kier alpha value is -3.74. The number of aromatic nitrogens is 2. The Morgan fingerprint density at radius 2 is 1.62 bits per heavy atom. The van der Waals surface area contributed by atoms with Crippen molar-refractivity contribution in [2.24, 2.45) is 0 Å². The molecule has 0 saturated carbocycles. The van der Waals surface area contributed by atoms with Crippen LogP contribution in [0.15, 0.2) is 76.5 Å². The molecule has 2 fully saturated rings. The summed E-state index contributed by atoms with van der Waals surface area (Å²) in [5.41, 5.74) is 1.36. The van der Waals surface area contributed by atoms with E-state index >= 15 is 0 Å². The molecule has 5 rings (SSSR count). The Labute approximate surface area is 218 Å². The van der Waals surface area contributed by atoms with Gasteiger partial charge in [-0.1, -0.05) is 48.5 Å². The predicted molar refractivity (Wildman–Crippen MR) is 139 cm³/mol. The number of benzene rings is 2. The fourth-order valence-electron chi connectivity index (χ4n) is 3.88. The Morgan fingerprint density at radius 1 is 0.946 bits per heavy atom. The minimum absolute atomic E-state index is 0.224. The second kappa shape index (κ2) is 10.7. The highest BCUT2D eigenvalue weighted by Gasteiger charge is 2.30. The number of imide groups is 1. The van der Waals surface area contributed by atoms with Gasteiger partial charge in [-0.25, -0.2) is 13.4 Å². The smallest absolute Gasteiger partial charge is 0.290 e. The van der Waals surface area contributed by atoms with E-state index in [4.69, 9.17) is 4.74 Å². The van der Waals surface area contributed by atoms with Crippen molar-refractivity contribution < 1.29 is 22.7 Å². The molecule has 10 nitrogen and oxygen atoms in total. The third kappa shape index (κ3) is 5.82. The van der Waals surface area contributed by atoms with E-state index in [2.05, 4.69) is 15.3 Å². The normalized spacial score (nSPS) is 17.7. The van der Waals surface area contributed by atoms with E-state index in [0.717, 1.165) is 17.3 Å². The summed E-state index contributed by atoms with van der Waals surface area (Å²) in [4.78, 5) is 35.1. The second-order valence-corrected chi connectivity index (χ2v) is 11.2. The average molecular weight is 538 g/mol. The number of piperazine rings is 1. The van der Waals surface area contributed by atoms with Crippen LogP contribution in [0.4, 0.5) is 10.7 Å². The van der Waals surface area contributed by atoms with Gasteiger partial charge in [0.15, 0.2) is 0 Å². The Morgan fingerprint density at radius 3 is 2.27 bits per heavy atom. The van der Waals surface area contributed by atoms with E-state index in [1.807, 2.05) is 35.2 Å². The van der Waals surface area contributed by atoms with Gasteiger partial charge in [0, 0.05) is 32.2 Å². The molecular formula is C25H23N5O5S2. The Bertz CT molecular complexity index is 1440. The molecule has 0 aliphatic carbocycles. The lowest BCUT2D eigenvalue weighted by Crippen LogP contribution is -2.49. The van der Waals surface area contributed by atoms with Gasteiger partial charge in [-0.2, -0.15) is 9.29 Å². The summed E-state index contributed by atoms with van der Waals surface area (Å²) in [6.45, 7) is 1.55. The van der Waals surface area contributed by atoms with Crippen molar-refractivity contribution in [1.29, 1.82) is 0 Å². The van der Waals surface area contributed by atoms with Crippen LogP contribution in [-0.2, 0) is 21.4 Å². The van der Waals surface area contributed by atoms with Gasteiger partial charge in [-0.3, -0.25) is 14.9 Å². The summed E-state index contributed by atoms with van der Waals surface area (Å²) in [6, 6.07) is 19.6. The molecule has 2 aliphatic heterocycles. The van der Waals surface area contributed by atoms with Gasteiger partial charge < -0.3 is 9.64 Å². The standard InChI is InChI=1S/C25H23N5O5S2/c31-23-21(36-25(32)28-23)15-19-16-22(35-17-18-7-3-1-4-8-18)27-24(26-19)29-11-13-30(14-12-29)37(33,34)20-9-5-2-6-10-20/h1-10,15-16H,11-14,17H2,(H,28,31,32).